The van der Waals surface area contributed by atoms with Crippen molar-refractivity contribution in [3.05, 3.63) is 82.5 Å². The van der Waals surface area contributed by atoms with Crippen LogP contribution in [-0.4, -0.2) is 21.6 Å². The standard InChI is InChI=1S/C26H27N3O4/c1-25(2,3)33-24(30)28-26(14-7-15-26)20-12-10-19(11-13-20)23-22(18-8-5-4-6-9-18)16-21(17-27-23)29(31)32/h4-6,8-13,16-17H,7,14-15H2,1-3H3,(H,28,30). The van der Waals surface area contributed by atoms with Crippen molar-refractivity contribution in [3.63, 3.8) is 0 Å². The summed E-state index contributed by atoms with van der Waals surface area (Å²) in [5.74, 6) is 0. The number of hydrogen-bond acceptors (Lipinski definition) is 5. The Labute approximate surface area is 193 Å². The van der Waals surface area contributed by atoms with E-state index in [0.717, 1.165) is 36.0 Å². The van der Waals surface area contributed by atoms with Crippen LogP contribution >= 0.6 is 0 Å². The molecule has 1 saturated carbocycles. The van der Waals surface area contributed by atoms with Gasteiger partial charge >= 0.3 is 6.09 Å². The zero-order valence-corrected chi connectivity index (χ0v) is 19.0. The molecule has 170 valence electrons. The Hall–Kier alpha value is -3.74. The van der Waals surface area contributed by atoms with E-state index in [1.165, 1.54) is 6.20 Å². The fraction of sp³-hybridized carbons (Fsp3) is 0.308. The lowest BCUT2D eigenvalue weighted by molar-refractivity contribution is -0.385. The molecule has 4 rings (SSSR count). The van der Waals surface area contributed by atoms with Gasteiger partial charge in [0.05, 0.1) is 16.2 Å². The van der Waals surface area contributed by atoms with Crippen LogP contribution in [0.1, 0.15) is 45.6 Å². The molecule has 0 unspecified atom stereocenters. The molecule has 7 heteroatoms. The van der Waals surface area contributed by atoms with Crippen molar-refractivity contribution in [1.82, 2.24) is 10.3 Å². The Morgan fingerprint density at radius 3 is 2.27 bits per heavy atom. The van der Waals surface area contributed by atoms with Gasteiger partial charge < -0.3 is 10.1 Å². The van der Waals surface area contributed by atoms with Gasteiger partial charge in [-0.2, -0.15) is 0 Å². The number of carbonyl (C=O) groups is 1. The van der Waals surface area contributed by atoms with Gasteiger partial charge in [-0.05, 0) is 51.2 Å². The summed E-state index contributed by atoms with van der Waals surface area (Å²) in [6, 6.07) is 18.9. The summed E-state index contributed by atoms with van der Waals surface area (Å²) in [5.41, 5.74) is 3.02. The molecular weight excluding hydrogens is 418 g/mol. The third-order valence-electron chi connectivity index (χ3n) is 5.83. The monoisotopic (exact) mass is 445 g/mol. The van der Waals surface area contributed by atoms with Gasteiger partial charge in [0.2, 0.25) is 0 Å². The first-order valence-electron chi connectivity index (χ1n) is 11.0. The van der Waals surface area contributed by atoms with Crippen LogP contribution < -0.4 is 5.32 Å². The van der Waals surface area contributed by atoms with Crippen LogP contribution in [0.15, 0.2) is 66.9 Å². The Kier molecular flexibility index (Phi) is 5.89. The molecule has 2 aromatic carbocycles. The Morgan fingerprint density at radius 2 is 1.73 bits per heavy atom. The fourth-order valence-corrected chi connectivity index (χ4v) is 4.08. The minimum absolute atomic E-state index is 0.0517. The minimum Gasteiger partial charge on any atom is -0.444 e. The van der Waals surface area contributed by atoms with Crippen molar-refractivity contribution in [2.45, 2.75) is 51.2 Å². The summed E-state index contributed by atoms with van der Waals surface area (Å²) in [7, 11) is 0. The maximum absolute atomic E-state index is 12.4. The molecule has 1 aliphatic carbocycles. The SMILES string of the molecule is CC(C)(C)OC(=O)NC1(c2ccc(-c3ncc([N+](=O)[O-])cc3-c3ccccc3)cc2)CCC1. The highest BCUT2D eigenvalue weighted by molar-refractivity contribution is 5.82. The predicted molar refractivity (Wildman–Crippen MR) is 127 cm³/mol. The molecule has 1 fully saturated rings. The Balaban J connectivity index is 1.66. The van der Waals surface area contributed by atoms with E-state index in [2.05, 4.69) is 10.3 Å². The van der Waals surface area contributed by atoms with Gasteiger partial charge in [0.25, 0.3) is 5.69 Å². The molecule has 0 bridgehead atoms. The van der Waals surface area contributed by atoms with Gasteiger partial charge in [-0.15, -0.1) is 0 Å². The van der Waals surface area contributed by atoms with Gasteiger partial charge in [-0.3, -0.25) is 10.1 Å². The third-order valence-corrected chi connectivity index (χ3v) is 5.83. The number of nitro groups is 1. The molecule has 1 heterocycles. The van der Waals surface area contributed by atoms with Gasteiger partial charge in [0.15, 0.2) is 0 Å². The normalized spacial score (nSPS) is 14.8. The van der Waals surface area contributed by atoms with Crippen LogP contribution in [0.3, 0.4) is 0 Å². The van der Waals surface area contributed by atoms with Crippen LogP contribution in [0.5, 0.6) is 0 Å². The summed E-state index contributed by atoms with van der Waals surface area (Å²) in [4.78, 5) is 27.7. The molecule has 7 nitrogen and oxygen atoms in total. The first kappa shape index (κ1) is 22.5. The molecule has 0 spiro atoms. The molecule has 1 aromatic heterocycles. The molecule has 1 aliphatic rings. The molecule has 0 radical (unpaired) electrons. The van der Waals surface area contributed by atoms with E-state index in [0.29, 0.717) is 11.3 Å². The quantitative estimate of drug-likeness (QED) is 0.371. The highest BCUT2D eigenvalue weighted by atomic mass is 16.6. The average Bonchev–Trinajstić information content (AvgIpc) is 2.75. The molecule has 3 aromatic rings. The number of amides is 1. The lowest BCUT2D eigenvalue weighted by Gasteiger charge is -2.43. The van der Waals surface area contributed by atoms with Crippen molar-refractivity contribution < 1.29 is 14.5 Å². The van der Waals surface area contributed by atoms with Crippen LogP contribution in [-0.2, 0) is 10.3 Å². The number of hydrogen-bond donors (Lipinski definition) is 1. The maximum Gasteiger partial charge on any atom is 0.408 e. The van der Waals surface area contributed by atoms with Crippen molar-refractivity contribution >= 4 is 11.8 Å². The summed E-state index contributed by atoms with van der Waals surface area (Å²) in [6.45, 7) is 5.53. The van der Waals surface area contributed by atoms with Crippen LogP contribution in [0.25, 0.3) is 22.4 Å². The number of rotatable bonds is 5. The van der Waals surface area contributed by atoms with E-state index in [1.807, 2.05) is 75.4 Å². The van der Waals surface area contributed by atoms with Crippen molar-refractivity contribution in [2.24, 2.45) is 0 Å². The number of ether oxygens (including phenoxy) is 1. The number of carbonyl (C=O) groups excluding carboxylic acids is 1. The summed E-state index contributed by atoms with van der Waals surface area (Å²) >= 11 is 0. The Bertz CT molecular complexity index is 1160. The number of benzene rings is 2. The highest BCUT2D eigenvalue weighted by Crippen LogP contribution is 2.42. The molecule has 1 amide bonds. The topological polar surface area (TPSA) is 94.4 Å². The molecule has 0 aliphatic heterocycles. The largest absolute Gasteiger partial charge is 0.444 e. The summed E-state index contributed by atoms with van der Waals surface area (Å²) in [6.07, 6.45) is 3.58. The van der Waals surface area contributed by atoms with Crippen molar-refractivity contribution in [1.29, 1.82) is 0 Å². The van der Waals surface area contributed by atoms with Crippen LogP contribution in [0.4, 0.5) is 10.5 Å². The first-order valence-corrected chi connectivity index (χ1v) is 11.0. The van der Waals surface area contributed by atoms with Crippen LogP contribution in [0, 0.1) is 10.1 Å². The molecular formula is C26H27N3O4. The smallest absolute Gasteiger partial charge is 0.408 e. The summed E-state index contributed by atoms with van der Waals surface area (Å²) in [5, 5.41) is 14.4. The minimum atomic E-state index is -0.561. The second kappa shape index (κ2) is 8.65. The number of nitrogens with one attached hydrogen (secondary N) is 1. The Morgan fingerprint density at radius 1 is 1.06 bits per heavy atom. The van der Waals surface area contributed by atoms with Gasteiger partial charge in [-0.25, -0.2) is 9.78 Å². The summed E-state index contributed by atoms with van der Waals surface area (Å²) < 4.78 is 5.46. The number of aromatic nitrogens is 1. The van der Waals surface area contributed by atoms with Gasteiger partial charge in [0.1, 0.15) is 11.8 Å². The molecule has 0 saturated heterocycles. The number of alkyl carbamates (subject to hydrolysis) is 1. The molecule has 1 N–H and O–H groups in total. The number of nitrogens with zero attached hydrogens (tertiary/aromatic N) is 2. The van der Waals surface area contributed by atoms with E-state index in [4.69, 9.17) is 4.74 Å². The van der Waals surface area contributed by atoms with Gasteiger partial charge in [0, 0.05) is 17.2 Å². The number of pyridine rings is 1. The van der Waals surface area contributed by atoms with Gasteiger partial charge in [-0.1, -0.05) is 54.6 Å². The lowest BCUT2D eigenvalue weighted by Crippen LogP contribution is -2.52. The van der Waals surface area contributed by atoms with E-state index in [9.17, 15) is 14.9 Å². The third kappa shape index (κ3) is 4.87. The first-order chi connectivity index (χ1) is 15.7. The maximum atomic E-state index is 12.4. The van der Waals surface area contributed by atoms with E-state index in [1.54, 1.807) is 6.07 Å². The molecule has 33 heavy (non-hydrogen) atoms. The zero-order valence-electron chi connectivity index (χ0n) is 19.0. The van der Waals surface area contributed by atoms with E-state index in [-0.39, 0.29) is 5.69 Å². The molecule has 0 atom stereocenters. The predicted octanol–water partition coefficient (Wildman–Crippen LogP) is 6.23. The van der Waals surface area contributed by atoms with Crippen molar-refractivity contribution in [2.75, 3.05) is 0 Å². The fourth-order valence-electron chi connectivity index (χ4n) is 4.08. The average molecular weight is 446 g/mol. The second-order valence-corrected chi connectivity index (χ2v) is 9.35. The van der Waals surface area contributed by atoms with Crippen molar-refractivity contribution in [3.8, 4) is 22.4 Å². The zero-order chi connectivity index (χ0) is 23.6. The highest BCUT2D eigenvalue weighted by Gasteiger charge is 2.41. The van der Waals surface area contributed by atoms with Crippen LogP contribution in [0.2, 0.25) is 0 Å². The van der Waals surface area contributed by atoms with E-state index < -0.39 is 22.2 Å². The lowest BCUT2D eigenvalue weighted by atomic mass is 9.71. The van der Waals surface area contributed by atoms with E-state index >= 15 is 0 Å². The second-order valence-electron chi connectivity index (χ2n) is 9.35.